The van der Waals surface area contributed by atoms with Gasteiger partial charge in [0.05, 0.1) is 6.10 Å². The van der Waals surface area contributed by atoms with Crippen LogP contribution in [-0.4, -0.2) is 81.9 Å². The molecule has 6 atom stereocenters. The van der Waals surface area contributed by atoms with Crippen molar-refractivity contribution in [2.75, 3.05) is 17.8 Å². The third-order valence-electron chi connectivity index (χ3n) is 4.66. The summed E-state index contributed by atoms with van der Waals surface area (Å²) in [5, 5.41) is 26.2. The van der Waals surface area contributed by atoms with Gasteiger partial charge in [-0.2, -0.15) is 24.4 Å². The molecule has 0 bridgehead atoms. The molecule has 0 heterocycles. The molecule has 3 amide bonds. The van der Waals surface area contributed by atoms with Crippen molar-refractivity contribution in [3.05, 3.63) is 0 Å². The normalized spacial score (nSPS) is 17.0. The summed E-state index contributed by atoms with van der Waals surface area (Å²) in [7, 11) is 0. The minimum Gasteiger partial charge on any atom is -0.480 e. The Kier molecular flexibility index (Phi) is 13.8. The van der Waals surface area contributed by atoms with Gasteiger partial charge in [-0.1, -0.05) is 20.3 Å². The van der Waals surface area contributed by atoms with Gasteiger partial charge in [0, 0.05) is 5.75 Å². The first kappa shape index (κ1) is 28.5. The van der Waals surface area contributed by atoms with Crippen molar-refractivity contribution in [1.29, 1.82) is 0 Å². The van der Waals surface area contributed by atoms with E-state index in [4.69, 9.17) is 5.73 Å². The van der Waals surface area contributed by atoms with Crippen LogP contribution in [0, 0.1) is 5.92 Å². The molecule has 10 nitrogen and oxygen atoms in total. The van der Waals surface area contributed by atoms with Crippen molar-refractivity contribution in [2.45, 2.75) is 63.9 Å². The average molecular weight is 467 g/mol. The number of hydrogen-bond donors (Lipinski definition) is 7. The number of amides is 3. The molecule has 0 aliphatic rings. The van der Waals surface area contributed by atoms with E-state index < -0.39 is 54.0 Å². The Morgan fingerprint density at radius 3 is 2.00 bits per heavy atom. The van der Waals surface area contributed by atoms with E-state index in [-0.39, 0.29) is 18.1 Å². The van der Waals surface area contributed by atoms with Gasteiger partial charge in [-0.3, -0.25) is 14.4 Å². The summed E-state index contributed by atoms with van der Waals surface area (Å²) in [6.45, 7) is 4.88. The molecule has 6 unspecified atom stereocenters. The molecule has 0 spiro atoms. The molecule has 0 rings (SSSR count). The van der Waals surface area contributed by atoms with Crippen molar-refractivity contribution in [3.8, 4) is 0 Å². The molecule has 0 aliphatic carbocycles. The topological polar surface area (TPSA) is 171 Å². The Morgan fingerprint density at radius 2 is 1.57 bits per heavy atom. The number of carbonyl (C=O) groups excluding carboxylic acids is 3. The lowest BCUT2D eigenvalue weighted by molar-refractivity contribution is -0.143. The number of nitrogens with two attached hydrogens (primary N) is 1. The Morgan fingerprint density at radius 1 is 1.03 bits per heavy atom. The summed E-state index contributed by atoms with van der Waals surface area (Å²) in [5.74, 6) is -2.97. The van der Waals surface area contributed by atoms with E-state index in [1.807, 2.05) is 13.2 Å². The zero-order valence-electron chi connectivity index (χ0n) is 17.8. The van der Waals surface area contributed by atoms with E-state index in [9.17, 15) is 29.4 Å². The maximum absolute atomic E-state index is 12.7. The van der Waals surface area contributed by atoms with Crippen LogP contribution in [0.4, 0.5) is 0 Å². The second kappa shape index (κ2) is 14.5. The quantitative estimate of drug-likeness (QED) is 0.159. The SMILES string of the molecule is CCC(C)C(NC(=O)C(CCSC)NC(=O)C(CS)NC(=O)C(N)C(C)O)C(=O)O. The highest BCUT2D eigenvalue weighted by Gasteiger charge is 2.31. The van der Waals surface area contributed by atoms with Crippen LogP contribution in [0.15, 0.2) is 0 Å². The van der Waals surface area contributed by atoms with Gasteiger partial charge in [-0.05, 0) is 31.3 Å². The van der Waals surface area contributed by atoms with Gasteiger partial charge in [-0.15, -0.1) is 0 Å². The second-order valence-electron chi connectivity index (χ2n) is 7.06. The fourth-order valence-electron chi connectivity index (χ4n) is 2.39. The van der Waals surface area contributed by atoms with Gasteiger partial charge in [0.1, 0.15) is 24.2 Å². The lowest BCUT2D eigenvalue weighted by atomic mass is 9.98. The van der Waals surface area contributed by atoms with Crippen LogP contribution in [0.5, 0.6) is 0 Å². The summed E-state index contributed by atoms with van der Waals surface area (Å²) in [4.78, 5) is 48.8. The molecule has 0 aromatic heterocycles. The fraction of sp³-hybridized carbons (Fsp3) is 0.778. The maximum Gasteiger partial charge on any atom is 0.326 e. The number of aliphatic hydroxyl groups excluding tert-OH is 1. The average Bonchev–Trinajstić information content (AvgIpc) is 2.70. The molecule has 0 radical (unpaired) electrons. The van der Waals surface area contributed by atoms with E-state index in [0.29, 0.717) is 12.2 Å². The summed E-state index contributed by atoms with van der Waals surface area (Å²) < 4.78 is 0. The highest BCUT2D eigenvalue weighted by molar-refractivity contribution is 7.98. The summed E-state index contributed by atoms with van der Waals surface area (Å²) in [6, 6.07) is -4.37. The molecule has 0 aromatic rings. The van der Waals surface area contributed by atoms with E-state index >= 15 is 0 Å². The second-order valence-corrected chi connectivity index (χ2v) is 8.41. The minimum atomic E-state index is -1.22. The third-order valence-corrected chi connectivity index (χ3v) is 5.67. The summed E-state index contributed by atoms with van der Waals surface area (Å²) >= 11 is 5.52. The smallest absolute Gasteiger partial charge is 0.326 e. The molecule has 0 saturated carbocycles. The largest absolute Gasteiger partial charge is 0.480 e. The number of carbonyl (C=O) groups is 4. The standard InChI is InChI=1S/C18H34N4O6S2/c1-5-9(2)14(18(27)28)22-15(24)11(6-7-30-4)20-16(25)12(8-29)21-17(26)13(19)10(3)23/h9-14,23,29H,5-8,19H2,1-4H3,(H,20,25)(H,21,26)(H,22,24)(H,27,28). The van der Waals surface area contributed by atoms with Crippen molar-refractivity contribution in [2.24, 2.45) is 11.7 Å². The van der Waals surface area contributed by atoms with Crippen LogP contribution in [0.3, 0.4) is 0 Å². The Labute approximate surface area is 186 Å². The highest BCUT2D eigenvalue weighted by Crippen LogP contribution is 2.10. The Bertz CT molecular complexity index is 593. The van der Waals surface area contributed by atoms with Crippen LogP contribution >= 0.6 is 24.4 Å². The maximum atomic E-state index is 12.7. The van der Waals surface area contributed by atoms with E-state index in [0.717, 1.165) is 0 Å². The van der Waals surface area contributed by atoms with Crippen LogP contribution < -0.4 is 21.7 Å². The first-order valence-corrected chi connectivity index (χ1v) is 11.7. The number of carboxylic acids is 1. The molecule has 0 saturated heterocycles. The Balaban J connectivity index is 5.28. The Hall–Kier alpha value is -1.50. The predicted molar refractivity (Wildman–Crippen MR) is 119 cm³/mol. The molecule has 30 heavy (non-hydrogen) atoms. The van der Waals surface area contributed by atoms with Gasteiger partial charge in [0.25, 0.3) is 0 Å². The van der Waals surface area contributed by atoms with Crippen LogP contribution in [0.25, 0.3) is 0 Å². The number of carboxylic acid groups (broad SMARTS) is 1. The highest BCUT2D eigenvalue weighted by atomic mass is 32.2. The predicted octanol–water partition coefficient (Wildman–Crippen LogP) is -1.04. The monoisotopic (exact) mass is 466 g/mol. The third kappa shape index (κ3) is 9.54. The molecule has 0 aliphatic heterocycles. The zero-order valence-corrected chi connectivity index (χ0v) is 19.5. The zero-order chi connectivity index (χ0) is 23.4. The molecule has 0 fully saturated rings. The minimum absolute atomic E-state index is 0.0639. The summed E-state index contributed by atoms with van der Waals surface area (Å²) in [6.07, 6.45) is 1.55. The van der Waals surface area contributed by atoms with Crippen LogP contribution in [0.1, 0.15) is 33.6 Å². The van der Waals surface area contributed by atoms with Crippen LogP contribution in [-0.2, 0) is 19.2 Å². The van der Waals surface area contributed by atoms with Gasteiger partial charge in [0.15, 0.2) is 0 Å². The number of nitrogens with one attached hydrogen (secondary N) is 3. The summed E-state index contributed by atoms with van der Waals surface area (Å²) in [5.41, 5.74) is 5.56. The van der Waals surface area contributed by atoms with Crippen molar-refractivity contribution in [3.63, 3.8) is 0 Å². The molecular formula is C18H34N4O6S2. The number of thiol groups is 1. The number of rotatable bonds is 14. The van der Waals surface area contributed by atoms with Crippen LogP contribution in [0.2, 0.25) is 0 Å². The van der Waals surface area contributed by atoms with Crippen molar-refractivity contribution < 1.29 is 29.4 Å². The van der Waals surface area contributed by atoms with E-state index in [1.165, 1.54) is 18.7 Å². The van der Waals surface area contributed by atoms with Gasteiger partial charge in [-0.25, -0.2) is 4.79 Å². The number of thioether (sulfide) groups is 1. The lowest BCUT2D eigenvalue weighted by Crippen LogP contribution is -2.59. The molecule has 12 heteroatoms. The first-order chi connectivity index (χ1) is 14.0. The van der Waals surface area contributed by atoms with Gasteiger partial charge < -0.3 is 31.9 Å². The van der Waals surface area contributed by atoms with Gasteiger partial charge in [0.2, 0.25) is 17.7 Å². The van der Waals surface area contributed by atoms with Crippen molar-refractivity contribution >= 4 is 48.1 Å². The lowest BCUT2D eigenvalue weighted by Gasteiger charge is -2.26. The first-order valence-electron chi connectivity index (χ1n) is 9.67. The van der Waals surface area contributed by atoms with E-state index in [2.05, 4.69) is 28.6 Å². The van der Waals surface area contributed by atoms with E-state index in [1.54, 1.807) is 6.92 Å². The molecule has 7 N–H and O–H groups in total. The number of hydrogen-bond acceptors (Lipinski definition) is 8. The number of aliphatic carboxylic acids is 1. The fourth-order valence-corrected chi connectivity index (χ4v) is 3.12. The molecule has 0 aromatic carbocycles. The van der Waals surface area contributed by atoms with Gasteiger partial charge >= 0.3 is 5.97 Å². The number of aliphatic hydroxyl groups is 1. The molecular weight excluding hydrogens is 432 g/mol. The molecule has 174 valence electrons. The van der Waals surface area contributed by atoms with Crippen molar-refractivity contribution in [1.82, 2.24) is 16.0 Å².